The minimum atomic E-state index is -0.839. The molecule has 6 unspecified atom stereocenters. The number of alkyl carbamates (subject to hydrolysis) is 2. The summed E-state index contributed by atoms with van der Waals surface area (Å²) in [6, 6.07) is 27.7. The molecule has 6 amide bonds. The third-order valence-electron chi connectivity index (χ3n) is 16.1. The third-order valence-corrected chi connectivity index (χ3v) is 20.0. The van der Waals surface area contributed by atoms with Gasteiger partial charge in [0.1, 0.15) is 19.3 Å². The van der Waals surface area contributed by atoms with Gasteiger partial charge in [0.15, 0.2) is 11.6 Å². The molecule has 3 aromatic carbocycles. The number of benzene rings is 3. The number of thiazole rings is 4. The summed E-state index contributed by atoms with van der Waals surface area (Å²) in [6.45, 7) is 21.3. The molecule has 0 spiro atoms. The zero-order valence-corrected chi connectivity index (χ0v) is 61.9. The summed E-state index contributed by atoms with van der Waals surface area (Å²) in [5, 5.41) is 18.1. The van der Waals surface area contributed by atoms with E-state index in [1.807, 2.05) is 112 Å². The van der Waals surface area contributed by atoms with E-state index in [2.05, 4.69) is 100 Å². The van der Waals surface area contributed by atoms with E-state index in [0.717, 1.165) is 67.1 Å². The first-order chi connectivity index (χ1) is 46.4. The van der Waals surface area contributed by atoms with Gasteiger partial charge in [0, 0.05) is 74.0 Å². The number of hydrogen-bond donors (Lipinski definition) is 4. The summed E-state index contributed by atoms with van der Waals surface area (Å²) < 4.78 is 17.0. The molecule has 526 valence electrons. The SMILES string of the molecule is CC(C)c1nc(CN(C)C(=O)NC(COC(C)(C)C)C(=O)CC(CCC(Cc2ccccc2)NC(=O)OCc2cncs2)Cc2ccccc2)cs1.CCCC(CCC(Cc1ccccc1)NC(=O)OCc1cncs1)CC(=O)C(NC(=O)N(C)Cc1csc(C(C)C)n1)C(C)C. The largest absolute Gasteiger partial charge is 0.444 e. The van der Waals surface area contributed by atoms with Crippen molar-refractivity contribution in [2.45, 2.75) is 208 Å². The Morgan fingerprint density at radius 1 is 0.526 bits per heavy atom. The Kier molecular flexibility index (Phi) is 33.3. The molecule has 23 heteroatoms. The molecule has 0 aliphatic heterocycles. The summed E-state index contributed by atoms with van der Waals surface area (Å²) in [5.41, 5.74) is 7.91. The summed E-state index contributed by atoms with van der Waals surface area (Å²) in [4.78, 5) is 102. The Morgan fingerprint density at radius 3 is 1.36 bits per heavy atom. The molecule has 6 atom stereocenters. The number of nitrogens with zero attached hydrogens (tertiary/aromatic N) is 6. The zero-order chi connectivity index (χ0) is 70.3. The van der Waals surface area contributed by atoms with Gasteiger partial charge in [-0.25, -0.2) is 29.1 Å². The fraction of sp³-hybridized carbons (Fsp3) is 0.514. The quantitative estimate of drug-likeness (QED) is 0.0284. The van der Waals surface area contributed by atoms with E-state index in [4.69, 9.17) is 14.2 Å². The smallest absolute Gasteiger partial charge is 0.407 e. The average Bonchev–Trinajstić information content (AvgIpc) is 2.00. The van der Waals surface area contributed by atoms with Crippen LogP contribution >= 0.6 is 45.3 Å². The molecular weight excluding hydrogens is 1300 g/mol. The second kappa shape index (κ2) is 41.1. The van der Waals surface area contributed by atoms with Crippen molar-refractivity contribution in [1.29, 1.82) is 0 Å². The Hall–Kier alpha value is -7.44. The van der Waals surface area contributed by atoms with Crippen molar-refractivity contribution in [3.05, 3.63) is 173 Å². The van der Waals surface area contributed by atoms with Crippen molar-refractivity contribution < 1.29 is 43.0 Å². The van der Waals surface area contributed by atoms with Gasteiger partial charge in [-0.2, -0.15) is 0 Å². The maximum absolute atomic E-state index is 14.1. The summed E-state index contributed by atoms with van der Waals surface area (Å²) >= 11 is 6.06. The summed E-state index contributed by atoms with van der Waals surface area (Å²) in [7, 11) is 3.43. The van der Waals surface area contributed by atoms with Crippen LogP contribution in [0.1, 0.15) is 180 Å². The van der Waals surface area contributed by atoms with E-state index in [0.29, 0.717) is 69.9 Å². The maximum atomic E-state index is 14.1. The molecule has 0 radical (unpaired) electrons. The van der Waals surface area contributed by atoms with Gasteiger partial charge in [0.2, 0.25) is 0 Å². The fourth-order valence-corrected chi connectivity index (χ4v) is 13.5. The minimum Gasteiger partial charge on any atom is -0.444 e. The second-order valence-electron chi connectivity index (χ2n) is 26.8. The minimum absolute atomic E-state index is 0.0393. The van der Waals surface area contributed by atoms with E-state index < -0.39 is 29.9 Å². The molecule has 7 aromatic rings. The fourth-order valence-electron chi connectivity index (χ4n) is 10.9. The van der Waals surface area contributed by atoms with Gasteiger partial charge >= 0.3 is 24.2 Å². The number of nitrogens with one attached hydrogen (secondary N) is 4. The first kappa shape index (κ1) is 78.6. The molecule has 0 aliphatic carbocycles. The third kappa shape index (κ3) is 29.7. The van der Waals surface area contributed by atoms with Gasteiger partial charge in [-0.15, -0.1) is 45.3 Å². The number of ether oxygens (including phenoxy) is 3. The number of aromatic nitrogens is 4. The first-order valence-corrected chi connectivity index (χ1v) is 37.3. The maximum Gasteiger partial charge on any atom is 0.407 e. The normalized spacial score (nSPS) is 13.3. The van der Waals surface area contributed by atoms with Crippen LogP contribution in [0.2, 0.25) is 0 Å². The number of Topliss-reactive ketones (excluding diaryl/α,β-unsaturated/α-hetero) is 2. The highest BCUT2D eigenvalue weighted by molar-refractivity contribution is 7.10. The molecule has 7 rings (SSSR count). The Balaban J connectivity index is 0.000000310. The molecule has 4 heterocycles. The first-order valence-electron chi connectivity index (χ1n) is 33.7. The predicted molar refractivity (Wildman–Crippen MR) is 389 cm³/mol. The Bertz CT molecular complexity index is 3420. The van der Waals surface area contributed by atoms with Gasteiger partial charge in [-0.05, 0) is 100 Å². The zero-order valence-electron chi connectivity index (χ0n) is 58.6. The lowest BCUT2D eigenvalue weighted by atomic mass is 9.86. The van der Waals surface area contributed by atoms with Crippen molar-refractivity contribution in [2.75, 3.05) is 20.7 Å². The van der Waals surface area contributed by atoms with E-state index in [1.165, 1.54) is 22.7 Å². The average molecular weight is 1400 g/mol. The number of hydrogen-bond acceptors (Lipinski definition) is 17. The standard InChI is InChI=1S/C40H53N5O5S2.C34H49N5O4S2/c1-28(2)37-42-33(26-51-37)23-45(6)38(47)44-35(25-50-40(3,4)5)36(46)21-31(19-29-13-9-7-10-14-29)17-18-32(20-30-15-11-8-12-16-30)43-39(48)49-24-34-22-41-27-52-34;1-7-11-25(14-15-27(16-26-12-9-8-10-13-26)37-34(42)43-20-29-18-35-22-45-29)17-30(40)31(23(2)3)38-33(41)39(6)19-28-21-44-32(36-28)24(4)5/h7-16,22,26-28,31-32,35H,17-21,23-25H2,1-6H3,(H,43,48)(H,44,47);8-10,12-13,18,21-25,27,31H,7,11,14-17,19-20H2,1-6H3,(H,37,42)(H,38,41). The van der Waals surface area contributed by atoms with Crippen LogP contribution in [0, 0.1) is 17.8 Å². The molecule has 0 aliphatic rings. The lowest BCUT2D eigenvalue weighted by Crippen LogP contribution is -2.50. The molecule has 0 fully saturated rings. The molecule has 19 nitrogen and oxygen atoms in total. The molecule has 4 N–H and O–H groups in total. The van der Waals surface area contributed by atoms with E-state index in [9.17, 15) is 28.8 Å². The van der Waals surface area contributed by atoms with Gasteiger partial charge < -0.3 is 45.3 Å². The number of amides is 6. The predicted octanol–water partition coefficient (Wildman–Crippen LogP) is 15.8. The van der Waals surface area contributed by atoms with Gasteiger partial charge in [-0.3, -0.25) is 19.6 Å². The van der Waals surface area contributed by atoms with Crippen LogP contribution in [0.3, 0.4) is 0 Å². The number of urea groups is 2. The highest BCUT2D eigenvalue weighted by Crippen LogP contribution is 2.27. The lowest BCUT2D eigenvalue weighted by molar-refractivity contribution is -0.125. The molecule has 0 bridgehead atoms. The molecular formula is C74H102N10O9S4. The number of carbonyl (C=O) groups excluding carboxylic acids is 6. The molecule has 0 saturated carbocycles. The van der Waals surface area contributed by atoms with Crippen LogP contribution < -0.4 is 21.3 Å². The van der Waals surface area contributed by atoms with E-state index >= 15 is 0 Å². The Labute approximate surface area is 590 Å². The van der Waals surface area contributed by atoms with Crippen LogP contribution in [0.15, 0.2) is 125 Å². The Morgan fingerprint density at radius 2 is 0.959 bits per heavy atom. The number of rotatable bonds is 37. The van der Waals surface area contributed by atoms with Gasteiger partial charge in [-0.1, -0.05) is 152 Å². The highest BCUT2D eigenvalue weighted by Gasteiger charge is 2.31. The van der Waals surface area contributed by atoms with E-state index in [1.54, 1.807) is 70.0 Å². The van der Waals surface area contributed by atoms with E-state index in [-0.39, 0.29) is 79.7 Å². The van der Waals surface area contributed by atoms with Crippen LogP contribution in [0.5, 0.6) is 0 Å². The summed E-state index contributed by atoms with van der Waals surface area (Å²) in [5.74, 6) is 0.622. The lowest BCUT2D eigenvalue weighted by Gasteiger charge is -2.28. The molecule has 0 saturated heterocycles. The van der Waals surface area contributed by atoms with Crippen molar-refractivity contribution in [2.24, 2.45) is 17.8 Å². The topological polar surface area (TPSA) is 236 Å². The van der Waals surface area contributed by atoms with Crippen LogP contribution in [-0.4, -0.2) is 116 Å². The van der Waals surface area contributed by atoms with Crippen molar-refractivity contribution >= 4 is 81.2 Å². The van der Waals surface area contributed by atoms with Gasteiger partial charge in [0.05, 0.1) is 73.5 Å². The number of ketones is 2. The number of carbonyl (C=O) groups is 6. The summed E-state index contributed by atoms with van der Waals surface area (Å²) in [6.07, 6.45) is 9.58. The monoisotopic (exact) mass is 1400 g/mol. The van der Waals surface area contributed by atoms with Crippen LogP contribution in [0.25, 0.3) is 0 Å². The highest BCUT2D eigenvalue weighted by atomic mass is 32.1. The molecule has 4 aromatic heterocycles. The van der Waals surface area contributed by atoms with Crippen LogP contribution in [0.4, 0.5) is 19.2 Å². The van der Waals surface area contributed by atoms with Crippen molar-refractivity contribution in [3.8, 4) is 0 Å². The van der Waals surface area contributed by atoms with Crippen molar-refractivity contribution in [3.63, 3.8) is 0 Å². The van der Waals surface area contributed by atoms with Gasteiger partial charge in [0.25, 0.3) is 0 Å². The van der Waals surface area contributed by atoms with Crippen molar-refractivity contribution in [1.82, 2.24) is 51.0 Å². The molecule has 97 heavy (non-hydrogen) atoms. The second-order valence-corrected chi connectivity index (χ2v) is 30.5. The van der Waals surface area contributed by atoms with Crippen LogP contribution in [-0.2, 0) is 69.4 Å².